The maximum Gasteiger partial charge on any atom is 0.331 e. The Hall–Kier alpha value is -2.23. The third-order valence-corrected chi connectivity index (χ3v) is 4.54. The summed E-state index contributed by atoms with van der Waals surface area (Å²) < 4.78 is 31.2. The number of hydrogen-bond acceptors (Lipinski definition) is 5. The van der Waals surface area contributed by atoms with Gasteiger partial charge in [0.1, 0.15) is 0 Å². The van der Waals surface area contributed by atoms with Crippen LogP contribution in [0.5, 0.6) is 0 Å². The van der Waals surface area contributed by atoms with Gasteiger partial charge in [0.15, 0.2) is 5.54 Å². The van der Waals surface area contributed by atoms with Crippen LogP contribution in [0, 0.1) is 0 Å². The second-order valence-corrected chi connectivity index (χ2v) is 6.96. The van der Waals surface area contributed by atoms with Gasteiger partial charge < -0.3 is 15.2 Å². The summed E-state index contributed by atoms with van der Waals surface area (Å²) in [4.78, 5) is 23.5. The highest BCUT2D eigenvalue weighted by atomic mass is 32.2. The molecular formula is C15H20N2O6S. The molecule has 0 fully saturated rings. The van der Waals surface area contributed by atoms with Gasteiger partial charge in [0, 0.05) is 19.2 Å². The molecule has 132 valence electrons. The molecule has 0 aromatic heterocycles. The van der Waals surface area contributed by atoms with Gasteiger partial charge in [-0.05, 0) is 25.1 Å². The highest BCUT2D eigenvalue weighted by Crippen LogP contribution is 2.13. The van der Waals surface area contributed by atoms with Crippen LogP contribution < -0.4 is 10.0 Å². The van der Waals surface area contributed by atoms with Crippen molar-refractivity contribution in [3.8, 4) is 0 Å². The smallest absolute Gasteiger partial charge is 0.331 e. The minimum Gasteiger partial charge on any atom is -0.479 e. The second kappa shape index (κ2) is 8.04. The molecule has 1 aromatic rings. The van der Waals surface area contributed by atoms with Crippen molar-refractivity contribution in [3.63, 3.8) is 0 Å². The molecule has 0 aliphatic heterocycles. The lowest BCUT2D eigenvalue weighted by Crippen LogP contribution is -2.55. The van der Waals surface area contributed by atoms with Crippen LogP contribution in [0.4, 0.5) is 0 Å². The minimum atomic E-state index is -3.79. The highest BCUT2D eigenvalue weighted by Gasteiger charge is 2.35. The van der Waals surface area contributed by atoms with Gasteiger partial charge in [0.25, 0.3) is 5.91 Å². The summed E-state index contributed by atoms with van der Waals surface area (Å²) in [5.41, 5.74) is -1.62. The number of rotatable bonds is 9. The zero-order chi connectivity index (χ0) is 18.4. The minimum absolute atomic E-state index is 0.0139. The van der Waals surface area contributed by atoms with E-state index in [9.17, 15) is 23.1 Å². The molecule has 8 nitrogen and oxygen atoms in total. The second-order valence-electron chi connectivity index (χ2n) is 5.19. The van der Waals surface area contributed by atoms with E-state index in [1.807, 2.05) is 0 Å². The van der Waals surface area contributed by atoms with Crippen LogP contribution in [-0.4, -0.2) is 51.2 Å². The number of hydrogen-bond donors (Lipinski definition) is 3. The molecule has 1 rings (SSSR count). The number of aliphatic carboxylic acids is 1. The lowest BCUT2D eigenvalue weighted by Gasteiger charge is -2.25. The van der Waals surface area contributed by atoms with E-state index in [-0.39, 0.29) is 23.6 Å². The van der Waals surface area contributed by atoms with Crippen LogP contribution >= 0.6 is 0 Å². The maximum absolute atomic E-state index is 12.3. The molecule has 1 atom stereocenters. The van der Waals surface area contributed by atoms with Crippen molar-refractivity contribution < 1.29 is 27.9 Å². The first-order chi connectivity index (χ1) is 11.2. The monoisotopic (exact) mass is 356 g/mol. The van der Waals surface area contributed by atoms with E-state index in [0.29, 0.717) is 0 Å². The van der Waals surface area contributed by atoms with E-state index in [1.54, 1.807) is 0 Å². The maximum atomic E-state index is 12.3. The molecule has 0 radical (unpaired) electrons. The van der Waals surface area contributed by atoms with Crippen molar-refractivity contribution >= 4 is 21.9 Å². The quantitative estimate of drug-likeness (QED) is 0.550. The number of carbonyl (C=O) groups excluding carboxylic acids is 1. The standard InChI is InChI=1S/C15H20N2O6S/c1-4-8-16-24(21,22)12-7-5-6-11(9-12)13(18)17-15(2,10-23-3)14(19)20/h4-7,9,16H,1,8,10H2,2-3H3,(H,17,18)(H,19,20). The molecule has 0 saturated heterocycles. The first kappa shape index (κ1) is 19.8. The topological polar surface area (TPSA) is 122 Å². The summed E-state index contributed by atoms with van der Waals surface area (Å²) in [6, 6.07) is 5.27. The van der Waals surface area contributed by atoms with Crippen LogP contribution in [-0.2, 0) is 19.6 Å². The fraction of sp³-hybridized carbons (Fsp3) is 0.333. The van der Waals surface area contributed by atoms with Gasteiger partial charge in [0.2, 0.25) is 10.0 Å². The van der Waals surface area contributed by atoms with Gasteiger partial charge in [-0.3, -0.25) is 4.79 Å². The Morgan fingerprint density at radius 2 is 2.08 bits per heavy atom. The highest BCUT2D eigenvalue weighted by molar-refractivity contribution is 7.89. The van der Waals surface area contributed by atoms with Gasteiger partial charge in [-0.2, -0.15) is 0 Å². The van der Waals surface area contributed by atoms with Crippen LogP contribution in [0.1, 0.15) is 17.3 Å². The molecule has 0 spiro atoms. The molecule has 0 saturated carbocycles. The number of methoxy groups -OCH3 is 1. The van der Waals surface area contributed by atoms with Crippen molar-refractivity contribution in [2.75, 3.05) is 20.3 Å². The molecular weight excluding hydrogens is 336 g/mol. The molecule has 3 N–H and O–H groups in total. The number of sulfonamides is 1. The number of ether oxygens (including phenoxy) is 1. The van der Waals surface area contributed by atoms with Gasteiger partial charge in [-0.25, -0.2) is 17.9 Å². The lowest BCUT2D eigenvalue weighted by atomic mass is 10.0. The summed E-state index contributed by atoms with van der Waals surface area (Å²) in [5.74, 6) is -1.99. The summed E-state index contributed by atoms with van der Waals surface area (Å²) in [7, 11) is -2.48. The van der Waals surface area contributed by atoms with Crippen molar-refractivity contribution in [1.82, 2.24) is 10.0 Å². The summed E-state index contributed by atoms with van der Waals surface area (Å²) in [6.07, 6.45) is 1.39. The normalized spacial score (nSPS) is 13.8. The lowest BCUT2D eigenvalue weighted by molar-refractivity contribution is -0.145. The Labute approximate surface area is 140 Å². The number of carbonyl (C=O) groups is 2. The Morgan fingerprint density at radius 1 is 1.42 bits per heavy atom. The number of carboxylic acid groups (broad SMARTS) is 1. The number of nitrogens with one attached hydrogen (secondary N) is 2. The number of benzene rings is 1. The average molecular weight is 356 g/mol. The van der Waals surface area contributed by atoms with Gasteiger partial charge in [-0.1, -0.05) is 12.1 Å². The first-order valence-corrected chi connectivity index (χ1v) is 8.40. The zero-order valence-corrected chi connectivity index (χ0v) is 14.2. The van der Waals surface area contributed by atoms with Gasteiger partial charge in [0.05, 0.1) is 11.5 Å². The Morgan fingerprint density at radius 3 is 2.62 bits per heavy atom. The number of amides is 1. The predicted molar refractivity (Wildman–Crippen MR) is 87.2 cm³/mol. The third kappa shape index (κ3) is 4.88. The van der Waals surface area contributed by atoms with Crippen LogP contribution in [0.3, 0.4) is 0 Å². The van der Waals surface area contributed by atoms with Crippen LogP contribution in [0.2, 0.25) is 0 Å². The largest absolute Gasteiger partial charge is 0.479 e. The van der Waals surface area contributed by atoms with Crippen molar-refractivity contribution in [2.45, 2.75) is 17.4 Å². The number of carboxylic acids is 1. The van der Waals surface area contributed by atoms with E-state index in [4.69, 9.17) is 4.74 Å². The fourth-order valence-corrected chi connectivity index (χ4v) is 2.86. The first-order valence-electron chi connectivity index (χ1n) is 6.92. The molecule has 1 unspecified atom stereocenters. The fourth-order valence-electron chi connectivity index (χ4n) is 1.82. The third-order valence-electron chi connectivity index (χ3n) is 3.12. The van der Waals surface area contributed by atoms with Gasteiger partial charge >= 0.3 is 5.97 Å². The van der Waals surface area contributed by atoms with E-state index in [0.717, 1.165) is 6.07 Å². The van der Waals surface area contributed by atoms with Crippen molar-refractivity contribution in [2.24, 2.45) is 0 Å². The molecule has 9 heteroatoms. The van der Waals surface area contributed by atoms with E-state index in [1.165, 1.54) is 38.3 Å². The van der Waals surface area contributed by atoms with Crippen molar-refractivity contribution in [1.29, 1.82) is 0 Å². The summed E-state index contributed by atoms with van der Waals surface area (Å²) in [5, 5.41) is 11.6. The molecule has 0 aliphatic rings. The molecule has 0 heterocycles. The molecule has 0 aliphatic carbocycles. The predicted octanol–water partition coefficient (Wildman–Crippen LogP) is 0.370. The van der Waals surface area contributed by atoms with Gasteiger partial charge in [-0.15, -0.1) is 6.58 Å². The molecule has 1 amide bonds. The Balaban J connectivity index is 3.07. The SMILES string of the molecule is C=CCNS(=O)(=O)c1cccc(C(=O)NC(C)(COC)C(=O)O)c1. The van der Waals surface area contributed by atoms with E-state index >= 15 is 0 Å². The zero-order valence-electron chi connectivity index (χ0n) is 13.4. The summed E-state index contributed by atoms with van der Waals surface area (Å²) in [6.45, 7) is 4.52. The molecule has 24 heavy (non-hydrogen) atoms. The van der Waals surface area contributed by atoms with E-state index in [2.05, 4.69) is 16.6 Å². The molecule has 0 bridgehead atoms. The van der Waals surface area contributed by atoms with Crippen molar-refractivity contribution in [3.05, 3.63) is 42.5 Å². The Kier molecular flexibility index (Phi) is 6.64. The van der Waals surface area contributed by atoms with E-state index < -0.39 is 27.4 Å². The molecule has 1 aromatic carbocycles. The van der Waals surface area contributed by atoms with Crippen LogP contribution in [0.15, 0.2) is 41.8 Å². The Bertz CT molecular complexity index is 731. The van der Waals surface area contributed by atoms with Crippen LogP contribution in [0.25, 0.3) is 0 Å². The average Bonchev–Trinajstić information content (AvgIpc) is 2.53. The summed E-state index contributed by atoms with van der Waals surface area (Å²) >= 11 is 0.